The predicted molar refractivity (Wildman–Crippen MR) is 83.5 cm³/mol. The second kappa shape index (κ2) is 8.36. The van der Waals surface area contributed by atoms with Crippen LogP contribution in [-0.2, 0) is 16.0 Å². The number of carbonyl (C=O) groups is 1. The van der Waals surface area contributed by atoms with Gasteiger partial charge < -0.3 is 4.74 Å². The van der Waals surface area contributed by atoms with Crippen molar-refractivity contribution in [1.29, 1.82) is 0 Å². The van der Waals surface area contributed by atoms with E-state index in [1.807, 2.05) is 62.4 Å². The number of hydrogen-bond donors (Lipinski definition) is 0. The Morgan fingerprint density at radius 1 is 1.15 bits per heavy atom. The molecule has 0 atom stereocenters. The van der Waals surface area contributed by atoms with Crippen molar-refractivity contribution in [2.45, 2.75) is 45.6 Å². The third kappa shape index (κ3) is 6.93. The molecule has 20 heavy (non-hydrogen) atoms. The Labute approximate surface area is 122 Å². The maximum atomic E-state index is 11.9. The van der Waals surface area contributed by atoms with E-state index in [-0.39, 0.29) is 5.97 Å². The Balaban J connectivity index is 2.43. The molecule has 0 saturated heterocycles. The predicted octanol–water partition coefficient (Wildman–Crippen LogP) is 4.46. The van der Waals surface area contributed by atoms with Gasteiger partial charge in [-0.1, -0.05) is 61.6 Å². The van der Waals surface area contributed by atoms with Crippen LogP contribution < -0.4 is 0 Å². The summed E-state index contributed by atoms with van der Waals surface area (Å²) in [7, 11) is 0. The molecule has 1 rings (SSSR count). The summed E-state index contributed by atoms with van der Waals surface area (Å²) in [5.41, 5.74) is 0.511. The molecule has 0 amide bonds. The molecule has 0 aromatic heterocycles. The van der Waals surface area contributed by atoms with Crippen LogP contribution in [0, 0.1) is 0 Å². The zero-order valence-corrected chi connectivity index (χ0v) is 12.6. The molecule has 0 aliphatic rings. The Morgan fingerprint density at radius 3 is 2.45 bits per heavy atom. The summed E-state index contributed by atoms with van der Waals surface area (Å²) in [6, 6.07) is 9.66. The smallest absolute Gasteiger partial charge is 0.310 e. The van der Waals surface area contributed by atoms with Gasteiger partial charge in [0.1, 0.15) is 5.60 Å². The highest BCUT2D eigenvalue weighted by atomic mass is 16.6. The van der Waals surface area contributed by atoms with Crippen molar-refractivity contribution >= 4 is 5.97 Å². The summed E-state index contributed by atoms with van der Waals surface area (Å²) in [5.74, 6) is -0.182. The van der Waals surface area contributed by atoms with E-state index >= 15 is 0 Å². The monoisotopic (exact) mass is 272 g/mol. The molecule has 0 N–H and O–H groups in total. The average molecular weight is 272 g/mol. The number of ether oxygens (including phenoxy) is 1. The lowest BCUT2D eigenvalue weighted by Gasteiger charge is -2.23. The van der Waals surface area contributed by atoms with Crippen molar-refractivity contribution in [3.63, 3.8) is 0 Å². The van der Waals surface area contributed by atoms with E-state index in [1.165, 1.54) is 0 Å². The van der Waals surface area contributed by atoms with Gasteiger partial charge in [0.25, 0.3) is 0 Å². The van der Waals surface area contributed by atoms with E-state index in [9.17, 15) is 4.79 Å². The molecule has 0 saturated carbocycles. The highest BCUT2D eigenvalue weighted by Crippen LogP contribution is 2.16. The third-order valence-electron chi connectivity index (χ3n) is 2.81. The quantitative estimate of drug-likeness (QED) is 0.541. The van der Waals surface area contributed by atoms with Gasteiger partial charge in [-0.3, -0.25) is 4.79 Å². The maximum absolute atomic E-state index is 11.9. The number of esters is 1. The largest absolute Gasteiger partial charge is 0.459 e. The molecule has 1 aromatic carbocycles. The molecular formula is C18H24O2. The van der Waals surface area contributed by atoms with Crippen LogP contribution in [0.2, 0.25) is 0 Å². The fourth-order valence-electron chi connectivity index (χ4n) is 1.79. The molecule has 0 aliphatic carbocycles. The second-order valence-corrected chi connectivity index (χ2v) is 5.36. The Morgan fingerprint density at radius 2 is 1.80 bits per heavy atom. The normalized spacial score (nSPS) is 12.2. The number of hydrogen-bond acceptors (Lipinski definition) is 2. The molecule has 0 heterocycles. The van der Waals surface area contributed by atoms with E-state index in [0.29, 0.717) is 12.8 Å². The van der Waals surface area contributed by atoms with Crippen molar-refractivity contribution in [2.24, 2.45) is 0 Å². The Bertz CT molecular complexity index is 456. The van der Waals surface area contributed by atoms with Gasteiger partial charge in [0.05, 0.1) is 6.42 Å². The Hall–Kier alpha value is -1.83. The molecule has 0 radical (unpaired) electrons. The highest BCUT2D eigenvalue weighted by molar-refractivity contribution is 5.73. The molecule has 0 spiro atoms. The number of benzene rings is 1. The van der Waals surface area contributed by atoms with Gasteiger partial charge >= 0.3 is 5.97 Å². The third-order valence-corrected chi connectivity index (χ3v) is 2.81. The summed E-state index contributed by atoms with van der Waals surface area (Å²) in [4.78, 5) is 11.9. The van der Waals surface area contributed by atoms with Crippen molar-refractivity contribution in [1.82, 2.24) is 0 Å². The second-order valence-electron chi connectivity index (χ2n) is 5.36. The van der Waals surface area contributed by atoms with Gasteiger partial charge in [-0.15, -0.1) is 0 Å². The standard InChI is InChI=1S/C18H24O2/c1-4-5-6-7-11-14-18(2,3)20-17(19)15-16-12-9-8-10-13-16/h5-13H,4,14-15H2,1-3H3/b6-5+,11-7+. The van der Waals surface area contributed by atoms with Crippen LogP contribution in [0.3, 0.4) is 0 Å². The molecule has 2 heteroatoms. The molecule has 108 valence electrons. The summed E-state index contributed by atoms with van der Waals surface area (Å²) >= 11 is 0. The van der Waals surface area contributed by atoms with Crippen molar-refractivity contribution in [3.05, 3.63) is 60.2 Å². The van der Waals surface area contributed by atoms with Gasteiger partial charge in [-0.05, 0) is 25.8 Å². The molecule has 0 bridgehead atoms. The number of carbonyl (C=O) groups excluding carboxylic acids is 1. The molecule has 2 nitrogen and oxygen atoms in total. The SMILES string of the molecule is CC/C=C/C=C/CC(C)(C)OC(=O)Cc1ccccc1. The van der Waals surface area contributed by atoms with Crippen LogP contribution in [0.1, 0.15) is 39.2 Å². The first-order chi connectivity index (χ1) is 9.53. The first-order valence-corrected chi connectivity index (χ1v) is 7.11. The van der Waals surface area contributed by atoms with Gasteiger partial charge in [-0.2, -0.15) is 0 Å². The number of allylic oxidation sites excluding steroid dienone is 3. The molecule has 0 unspecified atom stereocenters. The summed E-state index contributed by atoms with van der Waals surface area (Å²) < 4.78 is 5.53. The molecule has 1 aromatic rings. The number of rotatable bonds is 7. The van der Waals surface area contributed by atoms with E-state index in [0.717, 1.165) is 12.0 Å². The van der Waals surface area contributed by atoms with Crippen molar-refractivity contribution < 1.29 is 9.53 Å². The lowest BCUT2D eigenvalue weighted by atomic mass is 10.0. The minimum absolute atomic E-state index is 0.182. The van der Waals surface area contributed by atoms with Crippen LogP contribution in [0.25, 0.3) is 0 Å². The van der Waals surface area contributed by atoms with Gasteiger partial charge in [-0.25, -0.2) is 0 Å². The van der Waals surface area contributed by atoms with E-state index in [4.69, 9.17) is 4.74 Å². The van der Waals surface area contributed by atoms with E-state index in [1.54, 1.807) is 0 Å². The first-order valence-electron chi connectivity index (χ1n) is 7.11. The van der Waals surface area contributed by atoms with E-state index < -0.39 is 5.60 Å². The Kier molecular flexibility index (Phi) is 6.78. The summed E-state index contributed by atoms with van der Waals surface area (Å²) in [6.07, 6.45) is 10.2. The summed E-state index contributed by atoms with van der Waals surface area (Å²) in [5, 5.41) is 0. The fourth-order valence-corrected chi connectivity index (χ4v) is 1.79. The van der Waals surface area contributed by atoms with Crippen LogP contribution in [0.4, 0.5) is 0 Å². The highest BCUT2D eigenvalue weighted by Gasteiger charge is 2.21. The summed E-state index contributed by atoms with van der Waals surface area (Å²) in [6.45, 7) is 5.97. The van der Waals surface area contributed by atoms with Crippen LogP contribution in [0.15, 0.2) is 54.6 Å². The molecule has 0 fully saturated rings. The minimum atomic E-state index is -0.470. The minimum Gasteiger partial charge on any atom is -0.459 e. The maximum Gasteiger partial charge on any atom is 0.310 e. The van der Waals surface area contributed by atoms with Crippen molar-refractivity contribution in [2.75, 3.05) is 0 Å². The van der Waals surface area contributed by atoms with Crippen LogP contribution in [-0.4, -0.2) is 11.6 Å². The van der Waals surface area contributed by atoms with Gasteiger partial charge in [0, 0.05) is 6.42 Å². The fraction of sp³-hybridized carbons (Fsp3) is 0.389. The lowest BCUT2D eigenvalue weighted by Crippen LogP contribution is -2.28. The zero-order chi connectivity index (χ0) is 14.8. The lowest BCUT2D eigenvalue weighted by molar-refractivity contribution is -0.155. The average Bonchev–Trinajstić information content (AvgIpc) is 2.38. The van der Waals surface area contributed by atoms with Crippen molar-refractivity contribution in [3.8, 4) is 0 Å². The zero-order valence-electron chi connectivity index (χ0n) is 12.6. The van der Waals surface area contributed by atoms with Crippen LogP contribution >= 0.6 is 0 Å². The molecular weight excluding hydrogens is 248 g/mol. The van der Waals surface area contributed by atoms with Crippen LogP contribution in [0.5, 0.6) is 0 Å². The van der Waals surface area contributed by atoms with Gasteiger partial charge in [0.2, 0.25) is 0 Å². The van der Waals surface area contributed by atoms with E-state index in [2.05, 4.69) is 13.0 Å². The van der Waals surface area contributed by atoms with Gasteiger partial charge in [0.15, 0.2) is 0 Å². The topological polar surface area (TPSA) is 26.3 Å². The molecule has 0 aliphatic heterocycles. The first kappa shape index (κ1) is 16.2.